The molecule has 0 spiro atoms. The highest BCUT2D eigenvalue weighted by Crippen LogP contribution is 2.38. The van der Waals surface area contributed by atoms with Gasteiger partial charge in [0.15, 0.2) is 11.5 Å². The van der Waals surface area contributed by atoms with Gasteiger partial charge in [-0.2, -0.15) is 0 Å². The largest absolute Gasteiger partial charge is 0.493 e. The number of hydrogen-bond acceptors (Lipinski definition) is 4. The Balaban J connectivity index is 2.06. The number of benzene rings is 2. The predicted octanol–water partition coefficient (Wildman–Crippen LogP) is 4.20. The van der Waals surface area contributed by atoms with E-state index < -0.39 is 0 Å². The van der Waals surface area contributed by atoms with Crippen molar-refractivity contribution < 1.29 is 19.0 Å². The van der Waals surface area contributed by atoms with Crippen molar-refractivity contribution >= 4 is 34.2 Å². The smallest absolute Gasteiger partial charge is 0.224 e. The Kier molecular flexibility index (Phi) is 6.92. The minimum atomic E-state index is -0.0296. The topological polar surface area (TPSA) is 56.8 Å². The number of halogens is 1. The molecule has 0 aliphatic carbocycles. The number of aryl methyl sites for hydroxylation is 2. The Hall–Kier alpha value is -1.96. The van der Waals surface area contributed by atoms with Gasteiger partial charge in [0.25, 0.3) is 0 Å². The molecule has 5 nitrogen and oxygen atoms in total. The first kappa shape index (κ1) is 19.4. The number of carbonyl (C=O) groups excluding carboxylic acids is 1. The lowest BCUT2D eigenvalue weighted by atomic mass is 10.1. The Morgan fingerprint density at radius 2 is 1.68 bits per heavy atom. The second-order valence-electron chi connectivity index (χ2n) is 5.54. The van der Waals surface area contributed by atoms with Gasteiger partial charge in [-0.3, -0.25) is 4.79 Å². The van der Waals surface area contributed by atoms with Gasteiger partial charge in [-0.05, 0) is 77.4 Å². The molecule has 25 heavy (non-hydrogen) atoms. The summed E-state index contributed by atoms with van der Waals surface area (Å²) in [4.78, 5) is 12.3. The third-order valence-corrected chi connectivity index (χ3v) is 4.50. The Labute approximate surface area is 161 Å². The molecule has 0 bridgehead atoms. The molecule has 2 aromatic rings. The van der Waals surface area contributed by atoms with Crippen molar-refractivity contribution in [3.8, 4) is 17.2 Å². The van der Waals surface area contributed by atoms with E-state index >= 15 is 0 Å². The molecule has 0 unspecified atom stereocenters. The number of amides is 1. The number of anilines is 1. The maximum Gasteiger partial charge on any atom is 0.224 e. The molecule has 0 aromatic heterocycles. The molecule has 2 rings (SSSR count). The molecule has 0 saturated carbocycles. The van der Waals surface area contributed by atoms with Crippen molar-refractivity contribution in [2.45, 2.75) is 19.8 Å². The molecule has 0 atom stereocenters. The summed E-state index contributed by atoms with van der Waals surface area (Å²) in [7, 11) is 4.72. The van der Waals surface area contributed by atoms with Gasteiger partial charge in [0.1, 0.15) is 0 Å². The second-order valence-corrected chi connectivity index (χ2v) is 6.79. The van der Waals surface area contributed by atoms with Crippen LogP contribution >= 0.6 is 22.6 Å². The molecule has 0 aliphatic rings. The molecule has 2 aromatic carbocycles. The zero-order valence-electron chi connectivity index (χ0n) is 14.8. The van der Waals surface area contributed by atoms with E-state index in [4.69, 9.17) is 14.2 Å². The van der Waals surface area contributed by atoms with Gasteiger partial charge in [0.05, 0.1) is 21.3 Å². The summed E-state index contributed by atoms with van der Waals surface area (Å²) >= 11 is 2.25. The monoisotopic (exact) mass is 455 g/mol. The van der Waals surface area contributed by atoms with Crippen LogP contribution in [0.15, 0.2) is 30.3 Å². The van der Waals surface area contributed by atoms with Crippen LogP contribution in [0, 0.1) is 10.5 Å². The van der Waals surface area contributed by atoms with E-state index in [1.165, 1.54) is 0 Å². The van der Waals surface area contributed by atoms with Gasteiger partial charge in [-0.15, -0.1) is 0 Å². The normalized spacial score (nSPS) is 10.3. The standard InChI is InChI=1S/C19H22INO4/c1-12-9-14(20)6-7-15(12)21-18(22)8-5-13-10-16(23-2)19(25-4)17(11-13)24-3/h6-7,9-11H,5,8H2,1-4H3,(H,21,22). The summed E-state index contributed by atoms with van der Waals surface area (Å²) in [5.41, 5.74) is 2.84. The van der Waals surface area contributed by atoms with E-state index in [0.717, 1.165) is 20.4 Å². The van der Waals surface area contributed by atoms with Gasteiger partial charge in [0.2, 0.25) is 11.7 Å². The molecule has 0 radical (unpaired) electrons. The summed E-state index contributed by atoms with van der Waals surface area (Å²) in [5.74, 6) is 1.70. The minimum Gasteiger partial charge on any atom is -0.493 e. The summed E-state index contributed by atoms with van der Waals surface area (Å²) in [6.07, 6.45) is 0.941. The number of methoxy groups -OCH3 is 3. The van der Waals surface area contributed by atoms with Gasteiger partial charge >= 0.3 is 0 Å². The molecule has 0 heterocycles. The van der Waals surface area contributed by atoms with Crippen LogP contribution in [0.1, 0.15) is 17.5 Å². The van der Waals surface area contributed by atoms with Crippen LogP contribution in [-0.4, -0.2) is 27.2 Å². The quantitative estimate of drug-likeness (QED) is 0.637. The van der Waals surface area contributed by atoms with Crippen LogP contribution in [-0.2, 0) is 11.2 Å². The van der Waals surface area contributed by atoms with Crippen molar-refractivity contribution in [2.75, 3.05) is 26.6 Å². The molecular formula is C19H22INO4. The predicted molar refractivity (Wildman–Crippen MR) is 107 cm³/mol. The molecule has 134 valence electrons. The summed E-state index contributed by atoms with van der Waals surface area (Å²) in [5, 5.41) is 2.96. The molecule has 0 fully saturated rings. The van der Waals surface area contributed by atoms with E-state index in [1.807, 2.05) is 37.3 Å². The molecule has 0 saturated heterocycles. The number of hydrogen-bond donors (Lipinski definition) is 1. The first-order valence-corrected chi connectivity index (χ1v) is 8.91. The number of rotatable bonds is 7. The van der Waals surface area contributed by atoms with Crippen LogP contribution in [0.4, 0.5) is 5.69 Å². The summed E-state index contributed by atoms with van der Waals surface area (Å²) < 4.78 is 17.1. The Morgan fingerprint density at radius 3 is 2.20 bits per heavy atom. The number of ether oxygens (including phenoxy) is 3. The molecule has 1 amide bonds. The Bertz CT molecular complexity index is 736. The maximum absolute atomic E-state index is 12.3. The lowest BCUT2D eigenvalue weighted by molar-refractivity contribution is -0.116. The van der Waals surface area contributed by atoms with Crippen LogP contribution < -0.4 is 19.5 Å². The third kappa shape index (κ3) is 5.01. The fourth-order valence-electron chi connectivity index (χ4n) is 2.52. The fourth-order valence-corrected chi connectivity index (χ4v) is 3.16. The van der Waals surface area contributed by atoms with E-state index in [-0.39, 0.29) is 5.91 Å². The molecule has 6 heteroatoms. The van der Waals surface area contributed by atoms with Gasteiger partial charge in [-0.25, -0.2) is 0 Å². The average Bonchev–Trinajstić information content (AvgIpc) is 2.61. The first-order valence-electron chi connectivity index (χ1n) is 7.83. The average molecular weight is 455 g/mol. The van der Waals surface area contributed by atoms with Gasteiger partial charge in [-0.1, -0.05) is 0 Å². The third-order valence-electron chi connectivity index (χ3n) is 3.83. The highest BCUT2D eigenvalue weighted by atomic mass is 127. The highest BCUT2D eigenvalue weighted by molar-refractivity contribution is 14.1. The summed E-state index contributed by atoms with van der Waals surface area (Å²) in [6.45, 7) is 1.98. The minimum absolute atomic E-state index is 0.0296. The van der Waals surface area contributed by atoms with E-state index in [1.54, 1.807) is 21.3 Å². The van der Waals surface area contributed by atoms with Crippen molar-refractivity contribution in [1.29, 1.82) is 0 Å². The lowest BCUT2D eigenvalue weighted by Crippen LogP contribution is -2.13. The fraction of sp³-hybridized carbons (Fsp3) is 0.316. The summed E-state index contributed by atoms with van der Waals surface area (Å²) in [6, 6.07) is 9.67. The Morgan fingerprint density at radius 1 is 1.04 bits per heavy atom. The number of carbonyl (C=O) groups is 1. The molecule has 0 aliphatic heterocycles. The van der Waals surface area contributed by atoms with E-state index in [9.17, 15) is 4.79 Å². The second kappa shape index (κ2) is 8.94. The molecular weight excluding hydrogens is 433 g/mol. The maximum atomic E-state index is 12.3. The van der Waals surface area contributed by atoms with Crippen molar-refractivity contribution in [3.63, 3.8) is 0 Å². The zero-order chi connectivity index (χ0) is 18.4. The van der Waals surface area contributed by atoms with Crippen LogP contribution in [0.5, 0.6) is 17.2 Å². The van der Waals surface area contributed by atoms with Gasteiger partial charge < -0.3 is 19.5 Å². The van der Waals surface area contributed by atoms with Crippen molar-refractivity contribution in [2.24, 2.45) is 0 Å². The van der Waals surface area contributed by atoms with Crippen LogP contribution in [0.25, 0.3) is 0 Å². The lowest BCUT2D eigenvalue weighted by Gasteiger charge is -2.14. The zero-order valence-corrected chi connectivity index (χ0v) is 17.0. The SMILES string of the molecule is COc1cc(CCC(=O)Nc2ccc(I)cc2C)cc(OC)c1OC. The molecule has 1 N–H and O–H groups in total. The van der Waals surface area contributed by atoms with E-state index in [0.29, 0.717) is 30.1 Å². The van der Waals surface area contributed by atoms with Crippen LogP contribution in [0.2, 0.25) is 0 Å². The van der Waals surface area contributed by atoms with Crippen molar-refractivity contribution in [1.82, 2.24) is 0 Å². The van der Waals surface area contributed by atoms with Crippen molar-refractivity contribution in [3.05, 3.63) is 45.0 Å². The first-order chi connectivity index (χ1) is 12.0. The van der Waals surface area contributed by atoms with Gasteiger partial charge in [0, 0.05) is 15.7 Å². The highest BCUT2D eigenvalue weighted by Gasteiger charge is 2.14. The van der Waals surface area contributed by atoms with E-state index in [2.05, 4.69) is 27.9 Å². The van der Waals surface area contributed by atoms with Crippen LogP contribution in [0.3, 0.4) is 0 Å². The number of nitrogens with one attached hydrogen (secondary N) is 1.